The van der Waals surface area contributed by atoms with Crippen LogP contribution in [0.3, 0.4) is 0 Å². The average molecular weight is 315 g/mol. The second-order valence-electron chi connectivity index (χ2n) is 4.01. The van der Waals surface area contributed by atoms with Gasteiger partial charge in [-0.25, -0.2) is 13.4 Å². The van der Waals surface area contributed by atoms with Gasteiger partial charge in [-0.3, -0.25) is 9.52 Å². The lowest BCUT2D eigenvalue weighted by Crippen LogP contribution is -2.14. The molecular formula is C11H11ClN4O3S. The smallest absolute Gasteiger partial charge is 0.265 e. The maximum atomic E-state index is 12.2. The number of carbonyl (C=O) groups excluding carboxylic acids is 1. The molecule has 2 heterocycles. The number of nitrogens with zero attached hydrogens (tertiary/aromatic N) is 2. The van der Waals surface area contributed by atoms with Gasteiger partial charge in [-0.15, -0.1) is 0 Å². The zero-order chi connectivity index (χ0) is 14.9. The number of nitrogens with one attached hydrogen (secondary N) is 1. The highest BCUT2D eigenvalue weighted by Gasteiger charge is 2.19. The summed E-state index contributed by atoms with van der Waals surface area (Å²) in [7, 11) is -2.30. The van der Waals surface area contributed by atoms with Gasteiger partial charge in [-0.2, -0.15) is 0 Å². The Bertz CT molecular complexity index is 770. The standard InChI is InChI=1S/C11H11ClN4O3S/c1-16-6-8(5-9(16)11(13)17)20(18,19)15-7-2-3-14-10(12)4-7/h2-6H,1H3,(H2,13,17)(H,14,15). The number of aromatic nitrogens is 2. The third kappa shape index (κ3) is 2.91. The largest absolute Gasteiger partial charge is 0.364 e. The summed E-state index contributed by atoms with van der Waals surface area (Å²) in [4.78, 5) is 14.8. The predicted molar refractivity (Wildman–Crippen MR) is 74.0 cm³/mol. The highest BCUT2D eigenvalue weighted by molar-refractivity contribution is 7.92. The molecule has 3 N–H and O–H groups in total. The maximum absolute atomic E-state index is 12.2. The highest BCUT2D eigenvalue weighted by atomic mass is 35.5. The number of amides is 1. The zero-order valence-corrected chi connectivity index (χ0v) is 11.9. The first-order chi connectivity index (χ1) is 9.29. The summed E-state index contributed by atoms with van der Waals surface area (Å²) in [6.45, 7) is 0. The molecule has 0 aliphatic carbocycles. The average Bonchev–Trinajstić information content (AvgIpc) is 2.71. The van der Waals surface area contributed by atoms with E-state index in [1.165, 1.54) is 42.2 Å². The number of nitrogens with two attached hydrogens (primary N) is 1. The van der Waals surface area contributed by atoms with Crippen molar-refractivity contribution in [3.8, 4) is 0 Å². The molecule has 20 heavy (non-hydrogen) atoms. The van der Waals surface area contributed by atoms with Crippen LogP contribution in [0.1, 0.15) is 10.5 Å². The van der Waals surface area contributed by atoms with E-state index in [-0.39, 0.29) is 21.4 Å². The lowest BCUT2D eigenvalue weighted by molar-refractivity contribution is 0.0992. The van der Waals surface area contributed by atoms with E-state index in [2.05, 4.69) is 9.71 Å². The fraction of sp³-hybridized carbons (Fsp3) is 0.0909. The molecule has 0 aromatic carbocycles. The number of rotatable bonds is 4. The molecule has 2 rings (SSSR count). The summed E-state index contributed by atoms with van der Waals surface area (Å²) in [6.07, 6.45) is 2.67. The van der Waals surface area contributed by atoms with Crippen molar-refractivity contribution in [1.82, 2.24) is 9.55 Å². The molecule has 9 heteroatoms. The van der Waals surface area contributed by atoms with Gasteiger partial charge in [-0.1, -0.05) is 11.6 Å². The van der Waals surface area contributed by atoms with Crippen LogP contribution in [-0.4, -0.2) is 23.9 Å². The van der Waals surface area contributed by atoms with Crippen LogP contribution in [0.15, 0.2) is 35.5 Å². The van der Waals surface area contributed by atoms with Crippen molar-refractivity contribution in [2.24, 2.45) is 12.8 Å². The minimum atomic E-state index is -3.83. The molecular weight excluding hydrogens is 304 g/mol. The molecule has 0 radical (unpaired) electrons. The monoisotopic (exact) mass is 314 g/mol. The second-order valence-corrected chi connectivity index (χ2v) is 6.08. The molecule has 106 valence electrons. The van der Waals surface area contributed by atoms with Gasteiger partial charge in [0.25, 0.3) is 15.9 Å². The lowest BCUT2D eigenvalue weighted by Gasteiger charge is -2.05. The Morgan fingerprint density at radius 2 is 2.15 bits per heavy atom. The van der Waals surface area contributed by atoms with Gasteiger partial charge >= 0.3 is 0 Å². The number of anilines is 1. The summed E-state index contributed by atoms with van der Waals surface area (Å²) < 4.78 is 28.0. The van der Waals surface area contributed by atoms with Crippen LogP contribution >= 0.6 is 11.6 Å². The maximum Gasteiger partial charge on any atom is 0.265 e. The van der Waals surface area contributed by atoms with E-state index in [0.29, 0.717) is 0 Å². The van der Waals surface area contributed by atoms with Gasteiger partial charge in [-0.05, 0) is 18.2 Å². The second kappa shape index (κ2) is 5.14. The summed E-state index contributed by atoms with van der Waals surface area (Å²) >= 11 is 5.68. The molecule has 0 saturated carbocycles. The number of primary amides is 1. The number of aryl methyl sites for hydroxylation is 1. The lowest BCUT2D eigenvalue weighted by atomic mass is 10.4. The normalized spacial score (nSPS) is 11.3. The molecule has 7 nitrogen and oxygen atoms in total. The number of halogens is 1. The Balaban J connectivity index is 2.36. The van der Waals surface area contributed by atoms with Gasteiger partial charge in [0, 0.05) is 19.4 Å². The number of pyridine rings is 1. The molecule has 0 aliphatic rings. The minimum absolute atomic E-state index is 0.0678. The number of sulfonamides is 1. The Kier molecular flexibility index (Phi) is 3.69. The Morgan fingerprint density at radius 3 is 2.70 bits per heavy atom. The van der Waals surface area contributed by atoms with E-state index < -0.39 is 15.9 Å². The van der Waals surface area contributed by atoms with Crippen molar-refractivity contribution < 1.29 is 13.2 Å². The number of hydrogen-bond donors (Lipinski definition) is 2. The molecule has 0 atom stereocenters. The van der Waals surface area contributed by atoms with Crippen molar-refractivity contribution in [1.29, 1.82) is 0 Å². The van der Waals surface area contributed by atoms with Crippen molar-refractivity contribution >= 4 is 33.2 Å². The molecule has 2 aromatic heterocycles. The number of carbonyl (C=O) groups is 1. The summed E-state index contributed by atoms with van der Waals surface area (Å²) in [5.41, 5.74) is 5.51. The Morgan fingerprint density at radius 1 is 1.45 bits per heavy atom. The minimum Gasteiger partial charge on any atom is -0.364 e. The van der Waals surface area contributed by atoms with Crippen molar-refractivity contribution in [2.45, 2.75) is 4.90 Å². The molecule has 0 saturated heterocycles. The molecule has 1 amide bonds. The van der Waals surface area contributed by atoms with Gasteiger partial charge in [0.15, 0.2) is 0 Å². The fourth-order valence-electron chi connectivity index (χ4n) is 1.61. The van der Waals surface area contributed by atoms with Crippen LogP contribution in [0, 0.1) is 0 Å². The fourth-order valence-corrected chi connectivity index (χ4v) is 2.90. The molecule has 0 fully saturated rings. The van der Waals surface area contributed by atoms with Crippen molar-refractivity contribution in [2.75, 3.05) is 4.72 Å². The van der Waals surface area contributed by atoms with Crippen LogP contribution in [0.25, 0.3) is 0 Å². The summed E-state index contributed by atoms with van der Waals surface area (Å²) in [5, 5.41) is 0.163. The number of hydrogen-bond acceptors (Lipinski definition) is 4. The van der Waals surface area contributed by atoms with Crippen molar-refractivity contribution in [3.05, 3.63) is 41.4 Å². The van der Waals surface area contributed by atoms with E-state index in [9.17, 15) is 13.2 Å². The molecule has 0 aliphatic heterocycles. The van der Waals surface area contributed by atoms with E-state index in [1.54, 1.807) is 0 Å². The quantitative estimate of drug-likeness (QED) is 0.820. The van der Waals surface area contributed by atoms with Gasteiger partial charge in [0.2, 0.25) is 0 Å². The highest BCUT2D eigenvalue weighted by Crippen LogP contribution is 2.19. The summed E-state index contributed by atoms with van der Waals surface area (Å²) in [6, 6.07) is 4.03. The first-order valence-electron chi connectivity index (χ1n) is 5.40. The van der Waals surface area contributed by atoms with Gasteiger partial charge < -0.3 is 10.3 Å². The first-order valence-corrected chi connectivity index (χ1v) is 7.26. The van der Waals surface area contributed by atoms with E-state index in [0.717, 1.165) is 0 Å². The van der Waals surface area contributed by atoms with E-state index in [1.807, 2.05) is 0 Å². The van der Waals surface area contributed by atoms with E-state index in [4.69, 9.17) is 17.3 Å². The molecule has 2 aromatic rings. The van der Waals surface area contributed by atoms with Crippen LogP contribution in [-0.2, 0) is 17.1 Å². The van der Waals surface area contributed by atoms with Crippen LogP contribution in [0.4, 0.5) is 5.69 Å². The zero-order valence-electron chi connectivity index (χ0n) is 10.4. The first kappa shape index (κ1) is 14.4. The topological polar surface area (TPSA) is 107 Å². The molecule has 0 spiro atoms. The van der Waals surface area contributed by atoms with Gasteiger partial charge in [0.05, 0.1) is 5.69 Å². The SMILES string of the molecule is Cn1cc(S(=O)(=O)Nc2ccnc(Cl)c2)cc1C(N)=O. The Hall–Kier alpha value is -2.06. The third-order valence-electron chi connectivity index (χ3n) is 2.52. The van der Waals surface area contributed by atoms with Crippen LogP contribution in [0.5, 0.6) is 0 Å². The van der Waals surface area contributed by atoms with Crippen molar-refractivity contribution in [3.63, 3.8) is 0 Å². The third-order valence-corrected chi connectivity index (χ3v) is 4.08. The Labute approximate surface area is 120 Å². The van der Waals surface area contributed by atoms with Gasteiger partial charge in [0.1, 0.15) is 15.7 Å². The van der Waals surface area contributed by atoms with Crippen LogP contribution in [0.2, 0.25) is 5.15 Å². The predicted octanol–water partition coefficient (Wildman–Crippen LogP) is 0.973. The summed E-state index contributed by atoms with van der Waals surface area (Å²) in [5.74, 6) is -0.707. The molecule has 0 bridgehead atoms. The van der Waals surface area contributed by atoms with Crippen LogP contribution < -0.4 is 10.5 Å². The molecule has 0 unspecified atom stereocenters. The van der Waals surface area contributed by atoms with E-state index >= 15 is 0 Å².